The third kappa shape index (κ3) is 5.70. The fourth-order valence-corrected chi connectivity index (χ4v) is 3.85. The average Bonchev–Trinajstić information content (AvgIpc) is 2.95. The molecule has 1 aromatic heterocycles. The average molecular weight is 311 g/mol. The van der Waals surface area contributed by atoms with Crippen molar-refractivity contribution in [3.05, 3.63) is 21.9 Å². The molecule has 0 bridgehead atoms. The van der Waals surface area contributed by atoms with Crippen molar-refractivity contribution in [3.8, 4) is 0 Å². The third-order valence-electron chi connectivity index (χ3n) is 4.05. The zero-order valence-electron chi connectivity index (χ0n) is 13.7. The molecule has 4 heteroatoms. The molecule has 0 radical (unpaired) electrons. The van der Waals surface area contributed by atoms with Crippen molar-refractivity contribution in [2.45, 2.75) is 46.2 Å². The maximum Gasteiger partial charge on any atom is 0.0594 e. The first-order valence-electron chi connectivity index (χ1n) is 8.29. The number of hydrogen-bond donors (Lipinski definition) is 1. The van der Waals surface area contributed by atoms with Gasteiger partial charge in [0.15, 0.2) is 0 Å². The Labute approximate surface area is 133 Å². The van der Waals surface area contributed by atoms with E-state index in [1.807, 2.05) is 11.3 Å². The van der Waals surface area contributed by atoms with Crippen molar-refractivity contribution in [1.29, 1.82) is 0 Å². The van der Waals surface area contributed by atoms with E-state index in [0.717, 1.165) is 51.7 Å². The van der Waals surface area contributed by atoms with E-state index in [2.05, 4.69) is 43.1 Å². The molecule has 0 amide bonds. The second kappa shape index (κ2) is 8.89. The van der Waals surface area contributed by atoms with Gasteiger partial charge in [0.05, 0.1) is 13.2 Å². The van der Waals surface area contributed by atoms with Crippen molar-refractivity contribution in [1.82, 2.24) is 10.2 Å². The Bertz CT molecular complexity index is 399. The van der Waals surface area contributed by atoms with E-state index in [9.17, 15) is 0 Å². The third-order valence-corrected chi connectivity index (χ3v) is 5.28. The Hall–Kier alpha value is -0.420. The van der Waals surface area contributed by atoms with Gasteiger partial charge in [-0.1, -0.05) is 20.8 Å². The molecule has 0 aromatic carbocycles. The summed E-state index contributed by atoms with van der Waals surface area (Å²) >= 11 is 1.94. The molecule has 21 heavy (non-hydrogen) atoms. The van der Waals surface area contributed by atoms with Gasteiger partial charge in [-0.05, 0) is 30.9 Å². The molecule has 120 valence electrons. The lowest BCUT2D eigenvalue weighted by Crippen LogP contribution is -2.48. The van der Waals surface area contributed by atoms with Gasteiger partial charge in [-0.2, -0.15) is 0 Å². The number of rotatable bonds is 8. The van der Waals surface area contributed by atoms with Gasteiger partial charge in [0.1, 0.15) is 0 Å². The standard InChI is InChI=1S/C17H30N2OS/c1-4-16-5-6-17(21-16)13-18-12-15(11-14(2)3)19-7-9-20-10-8-19/h5-6,14-15,18H,4,7-13H2,1-3H3. The van der Waals surface area contributed by atoms with Crippen LogP contribution in [0.5, 0.6) is 0 Å². The van der Waals surface area contributed by atoms with Crippen LogP contribution >= 0.6 is 11.3 Å². The van der Waals surface area contributed by atoms with E-state index in [1.54, 1.807) is 0 Å². The van der Waals surface area contributed by atoms with Crippen LogP contribution in [0.4, 0.5) is 0 Å². The van der Waals surface area contributed by atoms with Crippen LogP contribution in [0.2, 0.25) is 0 Å². The Morgan fingerprint density at radius 2 is 1.95 bits per heavy atom. The van der Waals surface area contributed by atoms with Gasteiger partial charge in [0.25, 0.3) is 0 Å². The normalized spacial score (nSPS) is 18.3. The summed E-state index contributed by atoms with van der Waals surface area (Å²) < 4.78 is 5.48. The van der Waals surface area contributed by atoms with Crippen LogP contribution in [-0.4, -0.2) is 43.8 Å². The van der Waals surface area contributed by atoms with Gasteiger partial charge in [-0.3, -0.25) is 4.90 Å². The van der Waals surface area contributed by atoms with E-state index in [1.165, 1.54) is 16.2 Å². The van der Waals surface area contributed by atoms with Crippen LogP contribution in [0.25, 0.3) is 0 Å². The van der Waals surface area contributed by atoms with Crippen LogP contribution in [0.1, 0.15) is 36.9 Å². The van der Waals surface area contributed by atoms with Crippen LogP contribution in [0, 0.1) is 5.92 Å². The fraction of sp³-hybridized carbons (Fsp3) is 0.765. The molecule has 2 rings (SSSR count). The van der Waals surface area contributed by atoms with Gasteiger partial charge in [0.2, 0.25) is 0 Å². The topological polar surface area (TPSA) is 24.5 Å². The van der Waals surface area contributed by atoms with E-state index in [4.69, 9.17) is 4.74 Å². The number of ether oxygens (including phenoxy) is 1. The molecule has 1 fully saturated rings. The first kappa shape index (κ1) is 16.9. The zero-order chi connectivity index (χ0) is 15.1. The lowest BCUT2D eigenvalue weighted by atomic mass is 10.0. The van der Waals surface area contributed by atoms with Crippen molar-refractivity contribution < 1.29 is 4.74 Å². The second-order valence-corrected chi connectivity index (χ2v) is 7.54. The summed E-state index contributed by atoms with van der Waals surface area (Å²) in [6.45, 7) is 12.9. The number of thiophene rings is 1. The van der Waals surface area contributed by atoms with Gasteiger partial charge in [-0.15, -0.1) is 11.3 Å². The molecule has 1 aliphatic heterocycles. The number of aryl methyl sites for hydroxylation is 1. The number of nitrogens with zero attached hydrogens (tertiary/aromatic N) is 1. The molecule has 1 unspecified atom stereocenters. The molecule has 0 spiro atoms. The summed E-state index contributed by atoms with van der Waals surface area (Å²) in [4.78, 5) is 5.54. The number of morpholine rings is 1. The maximum atomic E-state index is 5.48. The van der Waals surface area contributed by atoms with Gasteiger partial charge in [0, 0.05) is 42.0 Å². The minimum atomic E-state index is 0.638. The van der Waals surface area contributed by atoms with Gasteiger partial charge in [-0.25, -0.2) is 0 Å². The highest BCUT2D eigenvalue weighted by Crippen LogP contribution is 2.17. The number of nitrogens with one attached hydrogen (secondary N) is 1. The van der Waals surface area contributed by atoms with Gasteiger partial charge < -0.3 is 10.1 Å². The minimum absolute atomic E-state index is 0.638. The smallest absolute Gasteiger partial charge is 0.0594 e. The van der Waals surface area contributed by atoms with Crippen molar-refractivity contribution >= 4 is 11.3 Å². The summed E-state index contributed by atoms with van der Waals surface area (Å²) in [7, 11) is 0. The predicted molar refractivity (Wildman–Crippen MR) is 91.0 cm³/mol. The lowest BCUT2D eigenvalue weighted by molar-refractivity contribution is 0.0123. The molecule has 1 N–H and O–H groups in total. The van der Waals surface area contributed by atoms with Gasteiger partial charge >= 0.3 is 0 Å². The van der Waals surface area contributed by atoms with Crippen LogP contribution < -0.4 is 5.32 Å². The molecular weight excluding hydrogens is 280 g/mol. The first-order chi connectivity index (χ1) is 10.2. The molecule has 0 aliphatic carbocycles. The van der Waals surface area contributed by atoms with E-state index in [-0.39, 0.29) is 0 Å². The molecule has 1 saturated heterocycles. The molecular formula is C17H30N2OS. The highest BCUT2D eigenvalue weighted by molar-refractivity contribution is 7.11. The van der Waals surface area contributed by atoms with Crippen LogP contribution in [0.15, 0.2) is 12.1 Å². The highest BCUT2D eigenvalue weighted by Gasteiger charge is 2.21. The first-order valence-corrected chi connectivity index (χ1v) is 9.10. The molecule has 3 nitrogen and oxygen atoms in total. The predicted octanol–water partition coefficient (Wildman–Crippen LogP) is 3.15. The highest BCUT2D eigenvalue weighted by atomic mass is 32.1. The quantitative estimate of drug-likeness (QED) is 0.798. The molecule has 2 heterocycles. The van der Waals surface area contributed by atoms with E-state index < -0.39 is 0 Å². The fourth-order valence-electron chi connectivity index (χ4n) is 2.92. The molecule has 0 saturated carbocycles. The second-order valence-electron chi connectivity index (χ2n) is 6.28. The maximum absolute atomic E-state index is 5.48. The monoisotopic (exact) mass is 310 g/mol. The lowest BCUT2D eigenvalue weighted by Gasteiger charge is -2.35. The summed E-state index contributed by atoms with van der Waals surface area (Å²) in [5.41, 5.74) is 0. The van der Waals surface area contributed by atoms with Crippen LogP contribution in [-0.2, 0) is 17.7 Å². The summed E-state index contributed by atoms with van der Waals surface area (Å²) in [6, 6.07) is 5.16. The number of hydrogen-bond acceptors (Lipinski definition) is 4. The Balaban J connectivity index is 1.80. The Kier molecular flexibility index (Phi) is 7.17. The van der Waals surface area contributed by atoms with E-state index in [0.29, 0.717) is 6.04 Å². The van der Waals surface area contributed by atoms with Crippen molar-refractivity contribution in [2.75, 3.05) is 32.8 Å². The summed E-state index contributed by atoms with van der Waals surface area (Å²) in [5.74, 6) is 0.744. The summed E-state index contributed by atoms with van der Waals surface area (Å²) in [5, 5.41) is 3.67. The summed E-state index contributed by atoms with van der Waals surface area (Å²) in [6.07, 6.45) is 2.41. The Morgan fingerprint density at radius 1 is 1.24 bits per heavy atom. The van der Waals surface area contributed by atoms with Crippen LogP contribution in [0.3, 0.4) is 0 Å². The zero-order valence-corrected chi connectivity index (χ0v) is 14.5. The van der Waals surface area contributed by atoms with Crippen molar-refractivity contribution in [2.24, 2.45) is 5.92 Å². The SMILES string of the molecule is CCc1ccc(CNCC(CC(C)C)N2CCOCC2)s1. The Morgan fingerprint density at radius 3 is 2.57 bits per heavy atom. The molecule has 1 aromatic rings. The largest absolute Gasteiger partial charge is 0.379 e. The van der Waals surface area contributed by atoms with Crippen molar-refractivity contribution in [3.63, 3.8) is 0 Å². The molecule has 1 atom stereocenters. The minimum Gasteiger partial charge on any atom is -0.379 e. The van der Waals surface area contributed by atoms with E-state index >= 15 is 0 Å². The molecule has 1 aliphatic rings.